The van der Waals surface area contributed by atoms with Gasteiger partial charge in [0.05, 0.1) is 0 Å². The molecule has 1 atom stereocenters. The minimum Gasteiger partial charge on any atom is -0.383 e. The monoisotopic (exact) mass is 239 g/mol. The Bertz CT molecular complexity index is 200. The first-order chi connectivity index (χ1) is 7.45. The van der Waals surface area contributed by atoms with Gasteiger partial charge >= 0.3 is 6.18 Å². The van der Waals surface area contributed by atoms with Gasteiger partial charge in [0.25, 0.3) is 0 Å². The molecule has 0 aromatic carbocycles. The first-order valence-corrected chi connectivity index (χ1v) is 5.84. The number of aliphatic hydroxyl groups excluding tert-OH is 1. The van der Waals surface area contributed by atoms with Gasteiger partial charge in [-0.25, -0.2) is 0 Å². The lowest BCUT2D eigenvalue weighted by atomic mass is 9.78. The third-order valence-electron chi connectivity index (χ3n) is 3.48. The van der Waals surface area contributed by atoms with Crippen LogP contribution in [0.5, 0.6) is 0 Å². The maximum absolute atomic E-state index is 12.3. The minimum atomic E-state index is -4.46. The second kappa shape index (κ2) is 5.87. The summed E-state index contributed by atoms with van der Waals surface area (Å²) in [5, 5.41) is 12.2. The molecule has 96 valence electrons. The molecule has 1 rings (SSSR count). The van der Waals surface area contributed by atoms with Crippen LogP contribution in [0.25, 0.3) is 0 Å². The van der Waals surface area contributed by atoms with Crippen LogP contribution < -0.4 is 5.32 Å². The van der Waals surface area contributed by atoms with Crippen LogP contribution in [0.1, 0.15) is 32.1 Å². The van der Waals surface area contributed by atoms with Crippen molar-refractivity contribution >= 4 is 0 Å². The van der Waals surface area contributed by atoms with E-state index in [9.17, 15) is 13.2 Å². The summed E-state index contributed by atoms with van der Waals surface area (Å²) in [7, 11) is 1.87. The van der Waals surface area contributed by atoms with Crippen molar-refractivity contribution in [2.45, 2.75) is 44.4 Å². The summed E-state index contributed by atoms with van der Waals surface area (Å²) in [6.45, 7) is 0.914. The summed E-state index contributed by atoms with van der Waals surface area (Å²) in [6.07, 6.45) is -2.96. The number of hydrogen-bond acceptors (Lipinski definition) is 2. The van der Waals surface area contributed by atoms with E-state index >= 15 is 0 Å². The predicted molar refractivity (Wildman–Crippen MR) is 56.1 cm³/mol. The molecule has 2 N–H and O–H groups in total. The second-order valence-electron chi connectivity index (χ2n) is 4.66. The molecule has 5 heteroatoms. The fourth-order valence-corrected chi connectivity index (χ4v) is 2.41. The smallest absolute Gasteiger partial charge is 0.383 e. The molecular weight excluding hydrogens is 219 g/mol. The van der Waals surface area contributed by atoms with Crippen LogP contribution in [0.3, 0.4) is 0 Å². The Kier molecular flexibility index (Phi) is 5.05. The first-order valence-electron chi connectivity index (χ1n) is 5.84. The zero-order valence-corrected chi connectivity index (χ0v) is 9.56. The fraction of sp³-hybridized carbons (Fsp3) is 1.00. The van der Waals surface area contributed by atoms with Gasteiger partial charge in [0.1, 0.15) is 0 Å². The predicted octanol–water partition coefficient (Wildman–Crippen LogP) is 2.33. The minimum absolute atomic E-state index is 0.495. The summed E-state index contributed by atoms with van der Waals surface area (Å²) >= 11 is 0. The number of rotatable bonds is 4. The average Bonchev–Trinajstić information content (AvgIpc) is 2.25. The maximum Gasteiger partial charge on any atom is 0.414 e. The Hall–Kier alpha value is -0.290. The largest absolute Gasteiger partial charge is 0.414 e. The highest BCUT2D eigenvalue weighted by atomic mass is 19.4. The molecule has 0 spiro atoms. The second-order valence-corrected chi connectivity index (χ2v) is 4.66. The maximum atomic E-state index is 12.3. The Morgan fingerprint density at radius 1 is 1.25 bits per heavy atom. The van der Waals surface area contributed by atoms with Gasteiger partial charge in [0.2, 0.25) is 0 Å². The third kappa shape index (κ3) is 3.94. The van der Waals surface area contributed by atoms with Crippen LogP contribution in [0.2, 0.25) is 0 Å². The van der Waals surface area contributed by atoms with E-state index < -0.39 is 18.2 Å². The van der Waals surface area contributed by atoms with Crippen molar-refractivity contribution in [3.05, 3.63) is 0 Å². The van der Waals surface area contributed by atoms with Gasteiger partial charge in [0.15, 0.2) is 6.10 Å². The normalized spacial score (nSPS) is 29.1. The Labute approximate surface area is 94.2 Å². The SMILES string of the molecule is CNCCC1CCC(C(O)C(F)(F)F)CC1. The molecular formula is C11H20F3NO. The van der Waals surface area contributed by atoms with Gasteiger partial charge in [-0.2, -0.15) is 13.2 Å². The van der Waals surface area contributed by atoms with E-state index in [4.69, 9.17) is 5.11 Å². The molecule has 1 aliphatic carbocycles. The average molecular weight is 239 g/mol. The molecule has 0 amide bonds. The number of halogens is 3. The van der Waals surface area contributed by atoms with Gasteiger partial charge in [-0.05, 0) is 44.7 Å². The van der Waals surface area contributed by atoms with E-state index in [0.29, 0.717) is 18.8 Å². The summed E-state index contributed by atoms with van der Waals surface area (Å²) in [4.78, 5) is 0. The van der Waals surface area contributed by atoms with Gasteiger partial charge < -0.3 is 10.4 Å². The van der Waals surface area contributed by atoms with Gasteiger partial charge in [-0.15, -0.1) is 0 Å². The Morgan fingerprint density at radius 3 is 2.25 bits per heavy atom. The molecule has 0 aliphatic heterocycles. The molecule has 1 aliphatic rings. The van der Waals surface area contributed by atoms with Crippen LogP contribution in [0.15, 0.2) is 0 Å². The quantitative estimate of drug-likeness (QED) is 0.789. The Morgan fingerprint density at radius 2 is 1.81 bits per heavy atom. The van der Waals surface area contributed by atoms with Crippen LogP contribution >= 0.6 is 0 Å². The molecule has 0 saturated heterocycles. The zero-order valence-electron chi connectivity index (χ0n) is 9.56. The number of hydrogen-bond donors (Lipinski definition) is 2. The molecule has 0 heterocycles. The highest BCUT2D eigenvalue weighted by Crippen LogP contribution is 2.37. The number of alkyl halides is 3. The number of nitrogens with one attached hydrogen (secondary N) is 1. The molecule has 2 nitrogen and oxygen atoms in total. The lowest BCUT2D eigenvalue weighted by Gasteiger charge is -2.32. The zero-order chi connectivity index (χ0) is 12.2. The van der Waals surface area contributed by atoms with E-state index in [0.717, 1.165) is 25.8 Å². The van der Waals surface area contributed by atoms with Gasteiger partial charge in [-0.3, -0.25) is 0 Å². The van der Waals surface area contributed by atoms with Gasteiger partial charge in [-0.1, -0.05) is 12.8 Å². The molecule has 1 fully saturated rings. The summed E-state index contributed by atoms with van der Waals surface area (Å²) < 4.78 is 36.8. The van der Waals surface area contributed by atoms with Crippen LogP contribution in [-0.2, 0) is 0 Å². The lowest BCUT2D eigenvalue weighted by Crippen LogP contribution is -2.38. The van der Waals surface area contributed by atoms with Gasteiger partial charge in [0, 0.05) is 0 Å². The molecule has 1 unspecified atom stereocenters. The van der Waals surface area contributed by atoms with E-state index in [-0.39, 0.29) is 0 Å². The lowest BCUT2D eigenvalue weighted by molar-refractivity contribution is -0.222. The van der Waals surface area contributed by atoms with Crippen LogP contribution in [0, 0.1) is 11.8 Å². The fourth-order valence-electron chi connectivity index (χ4n) is 2.41. The van der Waals surface area contributed by atoms with E-state index in [1.165, 1.54) is 0 Å². The van der Waals surface area contributed by atoms with Crippen molar-refractivity contribution in [2.75, 3.05) is 13.6 Å². The summed E-state index contributed by atoms with van der Waals surface area (Å²) in [5.41, 5.74) is 0. The third-order valence-corrected chi connectivity index (χ3v) is 3.48. The molecule has 1 saturated carbocycles. The Balaban J connectivity index is 2.31. The van der Waals surface area contributed by atoms with E-state index in [2.05, 4.69) is 5.32 Å². The van der Waals surface area contributed by atoms with Crippen molar-refractivity contribution in [3.63, 3.8) is 0 Å². The molecule has 16 heavy (non-hydrogen) atoms. The number of aliphatic hydroxyl groups is 1. The van der Waals surface area contributed by atoms with Crippen molar-refractivity contribution in [1.29, 1.82) is 0 Å². The summed E-state index contributed by atoms with van der Waals surface area (Å²) in [5.74, 6) is -0.0741. The molecule has 0 radical (unpaired) electrons. The standard InChI is InChI=1S/C11H20F3NO/c1-15-7-6-8-2-4-9(5-3-8)10(16)11(12,13)14/h8-10,15-16H,2-7H2,1H3. The molecule has 0 bridgehead atoms. The van der Waals surface area contributed by atoms with Crippen LogP contribution in [0.4, 0.5) is 13.2 Å². The molecule has 0 aromatic rings. The van der Waals surface area contributed by atoms with Crippen molar-refractivity contribution in [2.24, 2.45) is 11.8 Å². The highest BCUT2D eigenvalue weighted by molar-refractivity contribution is 4.81. The summed E-state index contributed by atoms with van der Waals surface area (Å²) in [6, 6.07) is 0. The van der Waals surface area contributed by atoms with Crippen LogP contribution in [-0.4, -0.2) is 31.0 Å². The topological polar surface area (TPSA) is 32.3 Å². The first kappa shape index (κ1) is 13.8. The highest BCUT2D eigenvalue weighted by Gasteiger charge is 2.44. The van der Waals surface area contributed by atoms with Crippen molar-refractivity contribution < 1.29 is 18.3 Å². The van der Waals surface area contributed by atoms with E-state index in [1.54, 1.807) is 0 Å². The van der Waals surface area contributed by atoms with Crippen molar-refractivity contribution in [1.82, 2.24) is 5.32 Å². The van der Waals surface area contributed by atoms with Crippen molar-refractivity contribution in [3.8, 4) is 0 Å². The van der Waals surface area contributed by atoms with E-state index in [1.807, 2.05) is 7.05 Å². The molecule has 0 aromatic heterocycles.